The number of aliphatic hydroxyl groups excluding tert-OH is 1. The zero-order valence-electron chi connectivity index (χ0n) is 9.22. The van der Waals surface area contributed by atoms with Crippen LogP contribution >= 0.6 is 0 Å². The summed E-state index contributed by atoms with van der Waals surface area (Å²) in [5.74, 6) is 0. The molecule has 0 heterocycles. The Morgan fingerprint density at radius 1 is 1.25 bits per heavy atom. The smallest absolute Gasteiger partial charge is 0.389 e. The maximum Gasteiger partial charge on any atom is 0.401 e. The topological polar surface area (TPSA) is 50.7 Å². The number of alkyl halides is 3. The fourth-order valence-electron chi connectivity index (χ4n) is 0.921. The molecule has 0 fully saturated rings. The Morgan fingerprint density at radius 3 is 2.44 bits per heavy atom. The van der Waals surface area contributed by atoms with Crippen molar-refractivity contribution in [3.05, 3.63) is 0 Å². The van der Waals surface area contributed by atoms with E-state index in [1.54, 1.807) is 0 Å². The van der Waals surface area contributed by atoms with Gasteiger partial charge in [0.1, 0.15) is 0 Å². The van der Waals surface area contributed by atoms with Crippen LogP contribution in [0.3, 0.4) is 0 Å². The van der Waals surface area contributed by atoms with Crippen molar-refractivity contribution in [2.24, 2.45) is 0 Å². The lowest BCUT2D eigenvalue weighted by atomic mass is 10.4. The number of ether oxygens (including phenoxy) is 2. The predicted molar refractivity (Wildman–Crippen MR) is 52.2 cm³/mol. The van der Waals surface area contributed by atoms with Crippen molar-refractivity contribution in [1.82, 2.24) is 5.32 Å². The maximum atomic E-state index is 11.7. The molecule has 0 aliphatic carbocycles. The third-order valence-corrected chi connectivity index (χ3v) is 1.59. The third kappa shape index (κ3) is 11.7. The van der Waals surface area contributed by atoms with E-state index in [-0.39, 0.29) is 13.2 Å². The number of aliphatic hydroxyl groups is 1. The van der Waals surface area contributed by atoms with Gasteiger partial charge in [0.15, 0.2) is 0 Å². The maximum absolute atomic E-state index is 11.7. The molecular weight excluding hydrogens is 227 g/mol. The summed E-state index contributed by atoms with van der Waals surface area (Å²) in [5, 5.41) is 11.3. The van der Waals surface area contributed by atoms with Crippen LogP contribution in [0.1, 0.15) is 6.92 Å². The standard InChI is InChI=1S/C9H18F3NO3/c1-2-15-3-4-16-6-8(14)5-13-7-9(10,11)12/h8,13-14H,2-7H2,1H3. The Labute approximate surface area is 92.7 Å². The highest BCUT2D eigenvalue weighted by atomic mass is 19.4. The van der Waals surface area contributed by atoms with Crippen molar-refractivity contribution in [2.45, 2.75) is 19.2 Å². The molecule has 0 aromatic carbocycles. The van der Waals surface area contributed by atoms with Crippen molar-refractivity contribution in [2.75, 3.05) is 39.5 Å². The quantitative estimate of drug-likeness (QED) is 0.583. The molecule has 0 radical (unpaired) electrons. The van der Waals surface area contributed by atoms with Gasteiger partial charge in [-0.05, 0) is 6.92 Å². The van der Waals surface area contributed by atoms with Crippen LogP contribution in [0.25, 0.3) is 0 Å². The molecule has 7 heteroatoms. The molecule has 0 aromatic rings. The van der Waals surface area contributed by atoms with E-state index in [4.69, 9.17) is 9.47 Å². The van der Waals surface area contributed by atoms with Crippen molar-refractivity contribution < 1.29 is 27.8 Å². The average Bonchev–Trinajstić information content (AvgIpc) is 2.15. The molecular formula is C9H18F3NO3. The van der Waals surface area contributed by atoms with Crippen LogP contribution in [-0.2, 0) is 9.47 Å². The summed E-state index contributed by atoms with van der Waals surface area (Å²) >= 11 is 0. The fraction of sp³-hybridized carbons (Fsp3) is 1.00. The summed E-state index contributed by atoms with van der Waals surface area (Å²) in [5.41, 5.74) is 0. The zero-order valence-corrected chi connectivity index (χ0v) is 9.22. The summed E-state index contributed by atoms with van der Waals surface area (Å²) in [6.45, 7) is 1.91. The minimum absolute atomic E-state index is 0.00205. The van der Waals surface area contributed by atoms with E-state index in [0.717, 1.165) is 0 Å². The van der Waals surface area contributed by atoms with E-state index in [1.165, 1.54) is 0 Å². The lowest BCUT2D eigenvalue weighted by Gasteiger charge is -2.13. The summed E-state index contributed by atoms with van der Waals surface area (Å²) < 4.78 is 45.1. The fourth-order valence-corrected chi connectivity index (χ4v) is 0.921. The Kier molecular flexibility index (Phi) is 8.54. The first-order chi connectivity index (χ1) is 7.45. The normalized spacial score (nSPS) is 14.1. The van der Waals surface area contributed by atoms with Crippen LogP contribution in [0.5, 0.6) is 0 Å². The van der Waals surface area contributed by atoms with Gasteiger partial charge in [0.2, 0.25) is 0 Å². The summed E-state index contributed by atoms with van der Waals surface area (Å²) in [4.78, 5) is 0. The van der Waals surface area contributed by atoms with Crippen LogP contribution in [0.4, 0.5) is 13.2 Å². The molecule has 0 rings (SSSR count). The second-order valence-corrected chi connectivity index (χ2v) is 3.17. The van der Waals surface area contributed by atoms with Crippen LogP contribution in [0, 0.1) is 0 Å². The molecule has 0 aliphatic heterocycles. The number of hydrogen-bond donors (Lipinski definition) is 2. The lowest BCUT2D eigenvalue weighted by molar-refractivity contribution is -0.125. The predicted octanol–water partition coefficient (Wildman–Crippen LogP) is 0.552. The van der Waals surface area contributed by atoms with Crippen LogP contribution in [0.2, 0.25) is 0 Å². The lowest BCUT2D eigenvalue weighted by Crippen LogP contribution is -2.36. The zero-order chi connectivity index (χ0) is 12.4. The van der Waals surface area contributed by atoms with Gasteiger partial charge in [0.05, 0.1) is 32.5 Å². The van der Waals surface area contributed by atoms with Crippen LogP contribution < -0.4 is 5.32 Å². The van der Waals surface area contributed by atoms with Crippen LogP contribution in [-0.4, -0.2) is 56.9 Å². The van der Waals surface area contributed by atoms with Gasteiger partial charge in [-0.2, -0.15) is 13.2 Å². The largest absolute Gasteiger partial charge is 0.401 e. The van der Waals surface area contributed by atoms with Gasteiger partial charge in [-0.3, -0.25) is 0 Å². The van der Waals surface area contributed by atoms with Crippen LogP contribution in [0.15, 0.2) is 0 Å². The summed E-state index contributed by atoms with van der Waals surface area (Å²) in [6.07, 6.45) is -5.20. The summed E-state index contributed by atoms with van der Waals surface area (Å²) in [7, 11) is 0. The van der Waals surface area contributed by atoms with Gasteiger partial charge in [-0.1, -0.05) is 0 Å². The van der Waals surface area contributed by atoms with E-state index in [9.17, 15) is 18.3 Å². The van der Waals surface area contributed by atoms with Gasteiger partial charge in [0.25, 0.3) is 0 Å². The molecule has 0 aliphatic rings. The van der Waals surface area contributed by atoms with E-state index < -0.39 is 18.8 Å². The highest BCUT2D eigenvalue weighted by Gasteiger charge is 2.26. The van der Waals surface area contributed by atoms with Gasteiger partial charge in [-0.25, -0.2) is 0 Å². The number of rotatable bonds is 9. The molecule has 1 atom stereocenters. The molecule has 0 saturated heterocycles. The van der Waals surface area contributed by atoms with E-state index in [1.807, 2.05) is 6.92 Å². The first kappa shape index (κ1) is 15.6. The Bertz CT molecular complexity index is 167. The average molecular weight is 245 g/mol. The third-order valence-electron chi connectivity index (χ3n) is 1.59. The molecule has 98 valence electrons. The van der Waals surface area contributed by atoms with Gasteiger partial charge in [0, 0.05) is 13.2 Å². The molecule has 2 N–H and O–H groups in total. The number of nitrogens with one attached hydrogen (secondary N) is 1. The minimum atomic E-state index is -4.25. The van der Waals surface area contributed by atoms with Gasteiger partial charge < -0.3 is 19.9 Å². The molecule has 0 spiro atoms. The highest BCUT2D eigenvalue weighted by Crippen LogP contribution is 2.11. The second-order valence-electron chi connectivity index (χ2n) is 3.17. The number of hydrogen-bond acceptors (Lipinski definition) is 4. The van der Waals surface area contributed by atoms with Crippen molar-refractivity contribution in [3.63, 3.8) is 0 Å². The van der Waals surface area contributed by atoms with Crippen molar-refractivity contribution in [1.29, 1.82) is 0 Å². The second kappa shape index (κ2) is 8.74. The van der Waals surface area contributed by atoms with E-state index in [2.05, 4.69) is 5.32 Å². The van der Waals surface area contributed by atoms with Gasteiger partial charge in [-0.15, -0.1) is 0 Å². The molecule has 0 bridgehead atoms. The summed E-state index contributed by atoms with van der Waals surface area (Å²) in [6, 6.07) is 0. The number of halogens is 3. The van der Waals surface area contributed by atoms with E-state index >= 15 is 0 Å². The van der Waals surface area contributed by atoms with Gasteiger partial charge >= 0.3 is 6.18 Å². The van der Waals surface area contributed by atoms with E-state index in [0.29, 0.717) is 19.8 Å². The van der Waals surface area contributed by atoms with Crippen molar-refractivity contribution >= 4 is 0 Å². The molecule has 0 aromatic heterocycles. The Hall–Kier alpha value is -0.370. The first-order valence-electron chi connectivity index (χ1n) is 5.06. The minimum Gasteiger partial charge on any atom is -0.389 e. The SMILES string of the molecule is CCOCCOCC(O)CNCC(F)(F)F. The molecule has 0 saturated carbocycles. The molecule has 1 unspecified atom stereocenters. The highest BCUT2D eigenvalue weighted by molar-refractivity contribution is 4.61. The molecule has 16 heavy (non-hydrogen) atoms. The molecule has 4 nitrogen and oxygen atoms in total. The van der Waals surface area contributed by atoms with Crippen molar-refractivity contribution in [3.8, 4) is 0 Å². The Morgan fingerprint density at radius 2 is 1.88 bits per heavy atom. The molecule has 0 amide bonds. The monoisotopic (exact) mass is 245 g/mol. The Balaban J connectivity index is 3.28. The first-order valence-corrected chi connectivity index (χ1v) is 5.06.